The van der Waals surface area contributed by atoms with Crippen molar-refractivity contribution in [2.24, 2.45) is 5.73 Å². The molecule has 2 atom stereocenters. The van der Waals surface area contributed by atoms with Gasteiger partial charge in [-0.25, -0.2) is 8.42 Å². The van der Waals surface area contributed by atoms with Gasteiger partial charge in [0.15, 0.2) is 0 Å². The Morgan fingerprint density at radius 1 is 0.744 bits per heavy atom. The number of amides is 1. The molecule has 0 unspecified atom stereocenters. The maximum Gasteiger partial charge on any atom is 1.00 e. The van der Waals surface area contributed by atoms with Crippen LogP contribution in [0.2, 0.25) is 0 Å². The fraction of sp³-hybridized carbons (Fsp3) is 0.194. The van der Waals surface area contributed by atoms with Crippen molar-refractivity contribution in [1.29, 1.82) is 0 Å². The van der Waals surface area contributed by atoms with Crippen LogP contribution in [0, 0.1) is 6.92 Å². The molecule has 0 heterocycles. The molecule has 5 nitrogen and oxygen atoms in total. The fourth-order valence-corrected chi connectivity index (χ4v) is 4.55. The number of carbonyl (C=O) groups excluding carboxylic acids is 1. The Labute approximate surface area is 249 Å². The Bertz CT molecular complexity index is 1410. The summed E-state index contributed by atoms with van der Waals surface area (Å²) in [4.78, 5) is 12.6. The molecule has 39 heavy (non-hydrogen) atoms. The average Bonchev–Trinajstić information content (AvgIpc) is 2.92. The van der Waals surface area contributed by atoms with Crippen LogP contribution in [0.3, 0.4) is 0 Å². The number of rotatable bonds is 7. The van der Waals surface area contributed by atoms with Crippen LogP contribution in [-0.2, 0) is 28.5 Å². The largest absolute Gasteiger partial charge is 1.00 e. The molecule has 4 aromatic carbocycles. The van der Waals surface area contributed by atoms with E-state index in [4.69, 9.17) is 16.4 Å². The van der Waals surface area contributed by atoms with Crippen LogP contribution >= 0.6 is 10.7 Å². The first-order valence-corrected chi connectivity index (χ1v) is 14.6. The van der Waals surface area contributed by atoms with Gasteiger partial charge in [0.25, 0.3) is 9.05 Å². The van der Waals surface area contributed by atoms with E-state index in [1.807, 2.05) is 60.7 Å². The summed E-state index contributed by atoms with van der Waals surface area (Å²) in [7, 11) is 1.46. The molecular formula is C31H32ClN2O3RuS. The predicted octanol–water partition coefficient (Wildman–Crippen LogP) is 7.69. The number of carbonyl (C=O) groups is 1. The Morgan fingerprint density at radius 3 is 1.69 bits per heavy atom. The van der Waals surface area contributed by atoms with Gasteiger partial charge in [0.05, 0.1) is 10.8 Å². The van der Waals surface area contributed by atoms with E-state index in [1.165, 1.54) is 35.4 Å². The summed E-state index contributed by atoms with van der Waals surface area (Å²) in [6, 6.07) is 31.7. The Kier molecular flexibility index (Phi) is 12.5. The molecule has 4 rings (SSSR count). The minimum Gasteiger partial charge on any atom is -0.641 e. The maximum absolute atomic E-state index is 12.7. The van der Waals surface area contributed by atoms with E-state index in [9.17, 15) is 13.2 Å². The number of nitrogens with zero attached hydrogens (tertiary/aromatic N) is 1. The van der Waals surface area contributed by atoms with E-state index < -0.39 is 27.0 Å². The first kappa shape index (κ1) is 32.4. The van der Waals surface area contributed by atoms with E-state index in [-0.39, 0.29) is 29.9 Å². The second-order valence-electron chi connectivity index (χ2n) is 9.25. The van der Waals surface area contributed by atoms with Crippen molar-refractivity contribution in [2.75, 3.05) is 0 Å². The van der Waals surface area contributed by atoms with Crippen LogP contribution in [0.15, 0.2) is 114 Å². The fourth-order valence-electron chi connectivity index (χ4n) is 3.78. The summed E-state index contributed by atoms with van der Waals surface area (Å²) < 4.78 is 22.7. The predicted molar refractivity (Wildman–Crippen MR) is 155 cm³/mol. The first-order valence-electron chi connectivity index (χ1n) is 12.3. The molecule has 1 radical (unpaired) electrons. The van der Waals surface area contributed by atoms with E-state index >= 15 is 0 Å². The molecule has 2 N–H and O–H groups in total. The van der Waals surface area contributed by atoms with Crippen LogP contribution in [0.25, 0.3) is 5.32 Å². The second-order valence-corrected chi connectivity index (χ2v) is 11.8. The number of nitrogens with two attached hydrogens (primary N) is 1. The van der Waals surface area contributed by atoms with Gasteiger partial charge in [-0.1, -0.05) is 128 Å². The van der Waals surface area contributed by atoms with Gasteiger partial charge in [0.1, 0.15) is 0 Å². The molecular weight excluding hydrogens is 617 g/mol. The quantitative estimate of drug-likeness (QED) is 0.164. The van der Waals surface area contributed by atoms with Gasteiger partial charge in [0.2, 0.25) is 0 Å². The van der Waals surface area contributed by atoms with Crippen molar-refractivity contribution in [1.82, 2.24) is 0 Å². The summed E-state index contributed by atoms with van der Waals surface area (Å²) in [5.74, 6) is 0.166. The summed E-state index contributed by atoms with van der Waals surface area (Å²) in [6.07, 6.45) is 0. The van der Waals surface area contributed by atoms with Crippen LogP contribution < -0.4 is 5.73 Å². The van der Waals surface area contributed by atoms with Crippen LogP contribution in [0.4, 0.5) is 0 Å². The van der Waals surface area contributed by atoms with Crippen molar-refractivity contribution in [2.45, 2.75) is 43.7 Å². The van der Waals surface area contributed by atoms with Gasteiger partial charge >= 0.3 is 19.5 Å². The number of halogens is 1. The van der Waals surface area contributed by atoms with Gasteiger partial charge in [-0.15, -0.1) is 0 Å². The summed E-state index contributed by atoms with van der Waals surface area (Å²) >= 11 is 0. The van der Waals surface area contributed by atoms with E-state index in [1.54, 1.807) is 0 Å². The third-order valence-electron chi connectivity index (χ3n) is 6.05. The van der Waals surface area contributed by atoms with Crippen LogP contribution in [0.5, 0.6) is 0 Å². The molecule has 8 heteroatoms. The average molecular weight is 649 g/mol. The zero-order chi connectivity index (χ0) is 27.7. The van der Waals surface area contributed by atoms with Gasteiger partial charge in [-0.3, -0.25) is 0 Å². The van der Waals surface area contributed by atoms with Crippen molar-refractivity contribution in [3.63, 3.8) is 0 Å². The topological polar surface area (TPSA) is 91.3 Å². The van der Waals surface area contributed by atoms with Crippen molar-refractivity contribution in [3.8, 4) is 0 Å². The molecule has 1 amide bonds. The second kappa shape index (κ2) is 15.1. The van der Waals surface area contributed by atoms with Crippen molar-refractivity contribution in [3.05, 3.63) is 142 Å². The van der Waals surface area contributed by atoms with E-state index in [2.05, 4.69) is 50.4 Å². The van der Waals surface area contributed by atoms with Gasteiger partial charge in [-0.2, -0.15) is 0 Å². The van der Waals surface area contributed by atoms with Gasteiger partial charge in [-0.05, 0) is 41.7 Å². The molecule has 0 aromatic heterocycles. The number of aryl methyl sites for hydroxylation is 1. The Hall–Kier alpha value is -2.83. The molecule has 205 valence electrons. The third-order valence-corrected chi connectivity index (χ3v) is 7.42. The molecule has 0 saturated carbocycles. The zero-order valence-corrected chi connectivity index (χ0v) is 25.3. The smallest absolute Gasteiger partial charge is 0.641 e. The molecule has 0 aliphatic rings. The molecule has 0 saturated heterocycles. The maximum atomic E-state index is 12.7. The zero-order valence-electron chi connectivity index (χ0n) is 22.0. The molecule has 0 aliphatic heterocycles. The van der Waals surface area contributed by atoms with Crippen molar-refractivity contribution >= 4 is 25.6 Å². The number of hydrogen-bond donors (Lipinski definition) is 1. The first-order chi connectivity index (χ1) is 18.1. The van der Waals surface area contributed by atoms with Crippen LogP contribution in [-0.4, -0.2) is 14.3 Å². The standard InChI is InChI=1S/C21H19ClN2O3S.C10H14.Ru/c22-28(26,27)18-13-11-17(12-14-18)21(25)24-20(16-9-5-2-6-10-16)19(23)15-7-3-1-4-8-15;1-8(2)10-6-4-9(3)5-7-10;/h1-14,19-20H,23H2,(H,24,25);4-8H,1-3H3;/q;;+1/p-1/t19-,20-;;/m0../s1. The third kappa shape index (κ3) is 9.70. The molecule has 0 bridgehead atoms. The normalized spacial score (nSPS) is 12.4. The van der Waals surface area contributed by atoms with E-state index in [0.717, 1.165) is 11.1 Å². The van der Waals surface area contributed by atoms with Gasteiger partial charge < -0.3 is 15.8 Å². The molecule has 0 aliphatic carbocycles. The van der Waals surface area contributed by atoms with Crippen molar-refractivity contribution < 1.29 is 32.7 Å². The summed E-state index contributed by atoms with van der Waals surface area (Å²) in [5, 5.41) is 4.34. The molecule has 0 fully saturated rings. The number of hydrogen-bond acceptors (Lipinski definition) is 4. The monoisotopic (exact) mass is 649 g/mol. The Balaban J connectivity index is 0.000000410. The summed E-state index contributed by atoms with van der Waals surface area (Å²) in [6.45, 7) is 6.54. The molecule has 4 aromatic rings. The SMILES string of the molecule is Cc1ccc(C(C)C)cc1.N[C@@H](c1ccccc1)[C@@H]([N-]C(=O)c1ccc(S(=O)(=O)Cl)cc1)c1ccccc1.[Ru+]. The molecule has 0 spiro atoms. The van der Waals surface area contributed by atoms with Crippen LogP contribution in [0.1, 0.15) is 64.5 Å². The summed E-state index contributed by atoms with van der Waals surface area (Å²) in [5.41, 5.74) is 11.1. The van der Waals surface area contributed by atoms with Gasteiger partial charge in [0, 0.05) is 16.7 Å². The van der Waals surface area contributed by atoms with E-state index in [0.29, 0.717) is 5.92 Å². The Morgan fingerprint density at radius 2 is 1.23 bits per heavy atom. The minimum atomic E-state index is -3.85. The number of benzene rings is 4. The minimum absolute atomic E-state index is 0.